The molecule has 0 spiro atoms. The van der Waals surface area contributed by atoms with Crippen LogP contribution in [0.3, 0.4) is 0 Å². The van der Waals surface area contributed by atoms with E-state index in [1.165, 1.54) is 6.20 Å². The molecule has 3 aromatic rings. The number of likely N-dealkylation sites (tertiary alicyclic amines) is 1. The third-order valence-electron chi connectivity index (χ3n) is 3.69. The molecule has 1 aliphatic rings. The second-order valence-corrected chi connectivity index (χ2v) is 5.69. The van der Waals surface area contributed by atoms with Crippen molar-refractivity contribution in [2.24, 2.45) is 0 Å². The third kappa shape index (κ3) is 2.59. The number of rotatable bonds is 3. The van der Waals surface area contributed by atoms with E-state index in [0.717, 1.165) is 5.56 Å². The molecule has 1 aromatic carbocycles. The van der Waals surface area contributed by atoms with Crippen molar-refractivity contribution in [3.05, 3.63) is 53.2 Å². The zero-order chi connectivity index (χ0) is 15.8. The van der Waals surface area contributed by atoms with Gasteiger partial charge in [-0.3, -0.25) is 4.79 Å². The van der Waals surface area contributed by atoms with Crippen LogP contribution in [0.15, 0.2) is 45.6 Å². The van der Waals surface area contributed by atoms with Crippen LogP contribution in [-0.2, 0) is 0 Å². The molecular weight excluding hydrogens is 320 g/mol. The molecule has 0 N–H and O–H groups in total. The van der Waals surface area contributed by atoms with Gasteiger partial charge in [0.15, 0.2) is 0 Å². The summed E-state index contributed by atoms with van der Waals surface area (Å²) in [5.74, 6) is 1.08. The standard InChI is InChI=1S/C15H11ClN4O3/c16-11-3-1-2-9(6-11)13-18-14(23-19-13)10-7-20(8-10)15(21)12-4-5-17-22-12/h1-6,10H,7-8H2. The quantitative estimate of drug-likeness (QED) is 0.733. The molecule has 4 rings (SSSR count). The van der Waals surface area contributed by atoms with Gasteiger partial charge in [-0.05, 0) is 12.1 Å². The molecule has 1 aliphatic heterocycles. The van der Waals surface area contributed by atoms with Crippen LogP contribution in [0.2, 0.25) is 5.02 Å². The Labute approximate surface area is 135 Å². The van der Waals surface area contributed by atoms with E-state index in [0.29, 0.717) is 29.8 Å². The molecule has 0 atom stereocenters. The highest BCUT2D eigenvalue weighted by molar-refractivity contribution is 6.30. The molecule has 0 bridgehead atoms. The molecule has 23 heavy (non-hydrogen) atoms. The van der Waals surface area contributed by atoms with Gasteiger partial charge in [-0.1, -0.05) is 34.0 Å². The number of carbonyl (C=O) groups excluding carboxylic acids is 1. The van der Waals surface area contributed by atoms with Crippen LogP contribution in [0.25, 0.3) is 11.4 Å². The summed E-state index contributed by atoms with van der Waals surface area (Å²) in [7, 11) is 0. The fourth-order valence-electron chi connectivity index (χ4n) is 2.43. The van der Waals surface area contributed by atoms with Crippen LogP contribution < -0.4 is 0 Å². The van der Waals surface area contributed by atoms with Crippen LogP contribution in [0.5, 0.6) is 0 Å². The number of aromatic nitrogens is 3. The number of carbonyl (C=O) groups is 1. The first-order valence-corrected chi connectivity index (χ1v) is 7.38. The van der Waals surface area contributed by atoms with Crippen molar-refractivity contribution >= 4 is 17.5 Å². The first-order chi connectivity index (χ1) is 11.2. The van der Waals surface area contributed by atoms with Crippen molar-refractivity contribution < 1.29 is 13.8 Å². The lowest BCUT2D eigenvalue weighted by Crippen LogP contribution is -2.48. The Morgan fingerprint density at radius 2 is 2.13 bits per heavy atom. The summed E-state index contributed by atoms with van der Waals surface area (Å²) in [5, 5.41) is 8.12. The smallest absolute Gasteiger partial charge is 0.292 e. The third-order valence-corrected chi connectivity index (χ3v) is 3.93. The van der Waals surface area contributed by atoms with Gasteiger partial charge >= 0.3 is 0 Å². The summed E-state index contributed by atoms with van der Waals surface area (Å²) in [6.45, 7) is 1.02. The summed E-state index contributed by atoms with van der Waals surface area (Å²) >= 11 is 5.96. The maximum Gasteiger partial charge on any atom is 0.292 e. The van der Waals surface area contributed by atoms with Crippen molar-refractivity contribution in [2.45, 2.75) is 5.92 Å². The number of hydrogen-bond acceptors (Lipinski definition) is 6. The normalized spacial score (nSPS) is 14.7. The summed E-state index contributed by atoms with van der Waals surface area (Å²) in [4.78, 5) is 18.1. The highest BCUT2D eigenvalue weighted by Gasteiger charge is 2.37. The zero-order valence-corrected chi connectivity index (χ0v) is 12.6. The molecule has 2 aromatic heterocycles. The van der Waals surface area contributed by atoms with Gasteiger partial charge in [0.2, 0.25) is 17.5 Å². The van der Waals surface area contributed by atoms with E-state index in [-0.39, 0.29) is 17.6 Å². The van der Waals surface area contributed by atoms with E-state index >= 15 is 0 Å². The SMILES string of the molecule is O=C(c1ccno1)N1CC(c2nc(-c3cccc(Cl)c3)no2)C1. The maximum atomic E-state index is 12.0. The maximum absolute atomic E-state index is 12.0. The van der Waals surface area contributed by atoms with Crippen LogP contribution in [0.4, 0.5) is 0 Å². The van der Waals surface area contributed by atoms with Crippen LogP contribution in [0, 0.1) is 0 Å². The topological polar surface area (TPSA) is 85.3 Å². The average molecular weight is 331 g/mol. The van der Waals surface area contributed by atoms with Crippen LogP contribution in [0.1, 0.15) is 22.4 Å². The minimum absolute atomic E-state index is 0.0299. The lowest BCUT2D eigenvalue weighted by Gasteiger charge is -2.36. The predicted molar refractivity (Wildman–Crippen MR) is 79.9 cm³/mol. The molecular formula is C15H11ClN4O3. The zero-order valence-electron chi connectivity index (χ0n) is 11.8. The average Bonchev–Trinajstić information content (AvgIpc) is 3.17. The van der Waals surface area contributed by atoms with Gasteiger partial charge in [0.1, 0.15) is 0 Å². The van der Waals surface area contributed by atoms with Gasteiger partial charge < -0.3 is 13.9 Å². The fraction of sp³-hybridized carbons (Fsp3) is 0.200. The van der Waals surface area contributed by atoms with Crippen molar-refractivity contribution in [2.75, 3.05) is 13.1 Å². The van der Waals surface area contributed by atoms with Gasteiger partial charge in [-0.25, -0.2) is 0 Å². The van der Waals surface area contributed by atoms with Gasteiger partial charge in [-0.2, -0.15) is 4.98 Å². The molecule has 0 radical (unpaired) electrons. The number of amides is 1. The highest BCUT2D eigenvalue weighted by Crippen LogP contribution is 2.29. The Kier molecular flexibility index (Phi) is 3.34. The Morgan fingerprint density at radius 1 is 1.26 bits per heavy atom. The molecule has 7 nitrogen and oxygen atoms in total. The number of nitrogens with zero attached hydrogens (tertiary/aromatic N) is 4. The number of benzene rings is 1. The van der Waals surface area contributed by atoms with Crippen molar-refractivity contribution in [3.8, 4) is 11.4 Å². The summed E-state index contributed by atoms with van der Waals surface area (Å²) in [6.07, 6.45) is 1.44. The Balaban J connectivity index is 1.44. The molecule has 0 saturated carbocycles. The first-order valence-electron chi connectivity index (χ1n) is 7.00. The summed E-state index contributed by atoms with van der Waals surface area (Å²) < 4.78 is 10.2. The van der Waals surface area contributed by atoms with Gasteiger partial charge in [0, 0.05) is 29.7 Å². The molecule has 0 unspecified atom stereocenters. The molecule has 0 aliphatic carbocycles. The van der Waals surface area contributed by atoms with E-state index < -0.39 is 0 Å². The minimum Gasteiger partial charge on any atom is -0.351 e. The molecule has 1 amide bonds. The first kappa shape index (κ1) is 14.0. The van der Waals surface area contributed by atoms with Gasteiger partial charge in [0.25, 0.3) is 5.91 Å². The number of hydrogen-bond donors (Lipinski definition) is 0. The van der Waals surface area contributed by atoms with Crippen LogP contribution >= 0.6 is 11.6 Å². The van der Waals surface area contributed by atoms with E-state index in [2.05, 4.69) is 15.3 Å². The Morgan fingerprint density at radius 3 is 2.87 bits per heavy atom. The molecule has 1 saturated heterocycles. The lowest BCUT2D eigenvalue weighted by molar-refractivity contribution is 0.0527. The molecule has 8 heteroatoms. The van der Waals surface area contributed by atoms with Crippen molar-refractivity contribution in [1.82, 2.24) is 20.2 Å². The predicted octanol–water partition coefficient (Wildman–Crippen LogP) is 2.62. The second kappa shape index (κ2) is 5.51. The highest BCUT2D eigenvalue weighted by atomic mass is 35.5. The minimum atomic E-state index is -0.187. The molecule has 1 fully saturated rings. The second-order valence-electron chi connectivity index (χ2n) is 5.25. The Bertz CT molecular complexity index is 840. The van der Waals surface area contributed by atoms with Crippen molar-refractivity contribution in [3.63, 3.8) is 0 Å². The largest absolute Gasteiger partial charge is 0.351 e. The van der Waals surface area contributed by atoms with E-state index in [4.69, 9.17) is 20.6 Å². The summed E-state index contributed by atoms with van der Waals surface area (Å²) in [6, 6.07) is 8.79. The van der Waals surface area contributed by atoms with E-state index in [1.807, 2.05) is 12.1 Å². The monoisotopic (exact) mass is 330 g/mol. The van der Waals surface area contributed by atoms with Gasteiger partial charge in [-0.15, -0.1) is 0 Å². The number of halogens is 1. The molecule has 116 valence electrons. The molecule has 3 heterocycles. The van der Waals surface area contributed by atoms with Gasteiger partial charge in [0.05, 0.1) is 12.1 Å². The van der Waals surface area contributed by atoms with E-state index in [1.54, 1.807) is 23.1 Å². The fourth-order valence-corrected chi connectivity index (χ4v) is 2.62. The van der Waals surface area contributed by atoms with Crippen LogP contribution in [-0.4, -0.2) is 39.2 Å². The Hall–Kier alpha value is -2.67. The summed E-state index contributed by atoms with van der Waals surface area (Å²) in [5.41, 5.74) is 0.793. The van der Waals surface area contributed by atoms with E-state index in [9.17, 15) is 4.79 Å². The lowest BCUT2D eigenvalue weighted by atomic mass is 10.00. The van der Waals surface area contributed by atoms with Crippen molar-refractivity contribution in [1.29, 1.82) is 0 Å².